The molecule has 0 radical (unpaired) electrons. The van der Waals surface area contributed by atoms with Gasteiger partial charge in [0, 0.05) is 35.2 Å². The first kappa shape index (κ1) is 21.3. The molecule has 7 nitrogen and oxygen atoms in total. The van der Waals surface area contributed by atoms with Crippen molar-refractivity contribution in [1.29, 1.82) is 0 Å². The molecule has 1 fully saturated rings. The average molecular weight is 433 g/mol. The van der Waals surface area contributed by atoms with Gasteiger partial charge in [0.05, 0.1) is 10.7 Å². The summed E-state index contributed by atoms with van der Waals surface area (Å²) in [5.74, 6) is 2.27. The van der Waals surface area contributed by atoms with E-state index in [4.69, 9.17) is 11.2 Å². The van der Waals surface area contributed by atoms with E-state index in [1.54, 1.807) is 10.3 Å². The molecule has 2 aromatic heterocycles. The second kappa shape index (κ2) is 8.93. The first-order valence-electron chi connectivity index (χ1n) is 9.36. The number of piperidine rings is 1. The summed E-state index contributed by atoms with van der Waals surface area (Å²) >= 11 is 2.89. The smallest absolute Gasteiger partial charge is 0.410 e. The van der Waals surface area contributed by atoms with Gasteiger partial charge in [0.1, 0.15) is 5.69 Å². The molecule has 2 aromatic rings. The lowest BCUT2D eigenvalue weighted by atomic mass is 9.93. The van der Waals surface area contributed by atoms with Gasteiger partial charge in [0.2, 0.25) is 0 Å². The maximum absolute atomic E-state index is 12.5. The van der Waals surface area contributed by atoms with Crippen LogP contribution >= 0.6 is 22.7 Å². The van der Waals surface area contributed by atoms with Gasteiger partial charge in [-0.3, -0.25) is 10.1 Å². The second-order valence-electron chi connectivity index (χ2n) is 7.83. The van der Waals surface area contributed by atoms with Crippen LogP contribution in [0.2, 0.25) is 0 Å². The SMILES string of the molecule is C#CCOC(=O)N1CCC(c2nc(C(=O)Nc3nc(C(C)(C)C)cs3)cs2)CC1. The van der Waals surface area contributed by atoms with Gasteiger partial charge in [-0.2, -0.15) is 0 Å². The normalized spacial score (nSPS) is 15.0. The number of likely N-dealkylation sites (tertiary alicyclic amines) is 1. The highest BCUT2D eigenvalue weighted by Gasteiger charge is 2.27. The number of hydrogen-bond donors (Lipinski definition) is 1. The third kappa shape index (κ3) is 5.34. The number of terminal acetylenes is 1. The number of rotatable bonds is 4. The van der Waals surface area contributed by atoms with Crippen molar-refractivity contribution in [2.24, 2.45) is 0 Å². The molecule has 1 aliphatic heterocycles. The van der Waals surface area contributed by atoms with Crippen molar-refractivity contribution < 1.29 is 14.3 Å². The number of nitrogens with zero attached hydrogens (tertiary/aromatic N) is 3. The van der Waals surface area contributed by atoms with Crippen LogP contribution in [0.1, 0.15) is 60.7 Å². The number of amides is 2. The Morgan fingerprint density at radius 3 is 2.62 bits per heavy atom. The minimum Gasteiger partial charge on any atom is -0.436 e. The van der Waals surface area contributed by atoms with Crippen molar-refractivity contribution in [1.82, 2.24) is 14.9 Å². The number of ether oxygens (including phenoxy) is 1. The molecule has 0 atom stereocenters. The van der Waals surface area contributed by atoms with Gasteiger partial charge in [0.25, 0.3) is 5.91 Å². The average Bonchev–Trinajstić information content (AvgIpc) is 3.35. The van der Waals surface area contributed by atoms with Gasteiger partial charge in [-0.15, -0.1) is 29.1 Å². The molecular formula is C20H24N4O3S2. The number of thiazole rings is 2. The van der Waals surface area contributed by atoms with Crippen molar-refractivity contribution in [2.45, 2.75) is 44.9 Å². The summed E-state index contributed by atoms with van der Waals surface area (Å²) in [7, 11) is 0. The van der Waals surface area contributed by atoms with Crippen LogP contribution < -0.4 is 5.32 Å². The van der Waals surface area contributed by atoms with E-state index in [0.29, 0.717) is 23.9 Å². The van der Waals surface area contributed by atoms with Crippen molar-refractivity contribution in [3.05, 3.63) is 27.2 Å². The van der Waals surface area contributed by atoms with Gasteiger partial charge in [0.15, 0.2) is 11.7 Å². The molecule has 154 valence electrons. The van der Waals surface area contributed by atoms with E-state index < -0.39 is 0 Å². The summed E-state index contributed by atoms with van der Waals surface area (Å²) in [5, 5.41) is 8.07. The van der Waals surface area contributed by atoms with E-state index in [9.17, 15) is 9.59 Å². The maximum atomic E-state index is 12.5. The summed E-state index contributed by atoms with van der Waals surface area (Å²) in [6.45, 7) is 7.41. The third-order valence-corrected chi connectivity index (χ3v) is 6.39. The monoisotopic (exact) mass is 432 g/mol. The molecule has 29 heavy (non-hydrogen) atoms. The Kier molecular flexibility index (Phi) is 6.55. The lowest BCUT2D eigenvalue weighted by molar-refractivity contribution is 0.102. The minimum atomic E-state index is -0.376. The van der Waals surface area contributed by atoms with Gasteiger partial charge in [-0.1, -0.05) is 26.7 Å². The second-order valence-corrected chi connectivity index (χ2v) is 9.58. The molecule has 0 aliphatic carbocycles. The summed E-state index contributed by atoms with van der Waals surface area (Å²) in [4.78, 5) is 35.1. The molecular weight excluding hydrogens is 408 g/mol. The number of hydrogen-bond acceptors (Lipinski definition) is 7. The zero-order valence-corrected chi connectivity index (χ0v) is 18.4. The van der Waals surface area contributed by atoms with E-state index in [2.05, 4.69) is 42.0 Å². The van der Waals surface area contributed by atoms with Crippen molar-refractivity contribution in [3.8, 4) is 12.3 Å². The van der Waals surface area contributed by atoms with Crippen molar-refractivity contribution >= 4 is 39.8 Å². The fourth-order valence-corrected chi connectivity index (χ4v) is 4.82. The van der Waals surface area contributed by atoms with E-state index >= 15 is 0 Å². The van der Waals surface area contributed by atoms with Crippen LogP contribution in [0.4, 0.5) is 9.93 Å². The van der Waals surface area contributed by atoms with Crippen LogP contribution in [-0.2, 0) is 10.2 Å². The molecule has 9 heteroatoms. The highest BCUT2D eigenvalue weighted by molar-refractivity contribution is 7.14. The fourth-order valence-electron chi connectivity index (χ4n) is 2.92. The first-order chi connectivity index (χ1) is 13.8. The third-order valence-electron chi connectivity index (χ3n) is 4.63. The lowest BCUT2D eigenvalue weighted by Gasteiger charge is -2.30. The standard InChI is InChI=1S/C20H24N4O3S2/c1-5-10-27-19(26)24-8-6-13(7-9-24)17-21-14(11-28-17)16(25)23-18-22-15(12-29-18)20(2,3)4/h1,11-13H,6-10H2,2-4H3,(H,22,23,25). The Labute approximate surface area is 178 Å². The van der Waals surface area contributed by atoms with E-state index in [1.807, 2.05) is 5.38 Å². The molecule has 3 rings (SSSR count). The maximum Gasteiger partial charge on any atom is 0.410 e. The molecule has 3 heterocycles. The summed E-state index contributed by atoms with van der Waals surface area (Å²) in [6.07, 6.45) is 6.29. The number of anilines is 1. The Morgan fingerprint density at radius 1 is 1.28 bits per heavy atom. The van der Waals surface area contributed by atoms with Gasteiger partial charge >= 0.3 is 6.09 Å². The molecule has 0 saturated carbocycles. The Balaban J connectivity index is 1.56. The summed E-state index contributed by atoms with van der Waals surface area (Å²) < 4.78 is 4.97. The van der Waals surface area contributed by atoms with E-state index in [-0.39, 0.29) is 29.9 Å². The van der Waals surface area contributed by atoms with Crippen LogP contribution in [0.5, 0.6) is 0 Å². The van der Waals surface area contributed by atoms with Crippen LogP contribution in [-0.4, -0.2) is 46.6 Å². The van der Waals surface area contributed by atoms with E-state index in [1.165, 1.54) is 22.7 Å². The van der Waals surface area contributed by atoms with Crippen LogP contribution in [0, 0.1) is 12.3 Å². The highest BCUT2D eigenvalue weighted by atomic mass is 32.1. The highest BCUT2D eigenvalue weighted by Crippen LogP contribution is 2.31. The largest absolute Gasteiger partial charge is 0.436 e. The fraction of sp³-hybridized carbons (Fsp3) is 0.500. The molecule has 0 bridgehead atoms. The minimum absolute atomic E-state index is 0.0138. The molecule has 1 aliphatic rings. The molecule has 0 spiro atoms. The first-order valence-corrected chi connectivity index (χ1v) is 11.1. The predicted octanol–water partition coefficient (Wildman–Crippen LogP) is 4.10. The van der Waals surface area contributed by atoms with Gasteiger partial charge in [-0.25, -0.2) is 14.8 Å². The Hall–Kier alpha value is -2.44. The summed E-state index contributed by atoms with van der Waals surface area (Å²) in [6, 6.07) is 0. The quantitative estimate of drug-likeness (QED) is 0.736. The summed E-state index contributed by atoms with van der Waals surface area (Å²) in [5.41, 5.74) is 1.28. The predicted molar refractivity (Wildman–Crippen MR) is 115 cm³/mol. The topological polar surface area (TPSA) is 84.4 Å². The zero-order valence-electron chi connectivity index (χ0n) is 16.7. The van der Waals surface area contributed by atoms with E-state index in [0.717, 1.165) is 23.5 Å². The zero-order chi connectivity index (χ0) is 21.0. The molecule has 2 amide bonds. The Morgan fingerprint density at radius 2 is 2.00 bits per heavy atom. The Bertz CT molecular complexity index is 915. The molecule has 0 aromatic carbocycles. The molecule has 0 unspecified atom stereocenters. The lowest BCUT2D eigenvalue weighted by Crippen LogP contribution is -2.38. The van der Waals surface area contributed by atoms with Crippen molar-refractivity contribution in [3.63, 3.8) is 0 Å². The molecule has 1 saturated heterocycles. The molecule has 1 N–H and O–H groups in total. The number of nitrogens with one attached hydrogen (secondary N) is 1. The van der Waals surface area contributed by atoms with Crippen LogP contribution in [0.15, 0.2) is 10.8 Å². The van der Waals surface area contributed by atoms with Crippen LogP contribution in [0.25, 0.3) is 0 Å². The van der Waals surface area contributed by atoms with Crippen molar-refractivity contribution in [2.75, 3.05) is 25.0 Å². The van der Waals surface area contributed by atoms with Gasteiger partial charge < -0.3 is 9.64 Å². The number of carbonyl (C=O) groups excluding carboxylic acids is 2. The van der Waals surface area contributed by atoms with Crippen LogP contribution in [0.3, 0.4) is 0 Å². The number of carbonyl (C=O) groups is 2. The number of aromatic nitrogens is 2. The van der Waals surface area contributed by atoms with Gasteiger partial charge in [-0.05, 0) is 12.8 Å².